The number of Topliss-reactive ketones (excluding diaryl/α,β-unsaturated/α-hetero) is 1. The average molecular weight is 526 g/mol. The van der Waals surface area contributed by atoms with Gasteiger partial charge in [0.25, 0.3) is 0 Å². The van der Waals surface area contributed by atoms with E-state index in [0.717, 1.165) is 58.1 Å². The molecule has 0 spiro atoms. The van der Waals surface area contributed by atoms with Crippen LogP contribution in [0.2, 0.25) is 0 Å². The quantitative estimate of drug-likeness (QED) is 0.590. The summed E-state index contributed by atoms with van der Waals surface area (Å²) >= 11 is 1.61. The molecular weight excluding hydrogens is 490 g/mol. The number of rotatable bonds is 6. The predicted octanol–water partition coefficient (Wildman–Crippen LogP) is 4.07. The van der Waals surface area contributed by atoms with Crippen molar-refractivity contribution in [1.29, 1.82) is 0 Å². The molecule has 1 atom stereocenters. The highest BCUT2D eigenvalue weighted by atomic mass is 32.1. The minimum absolute atomic E-state index is 0.0667. The Kier molecular flexibility index (Phi) is 7.27. The number of carbonyl (C=O) groups excluding carboxylic acids is 2. The molecule has 3 aliphatic rings. The first-order chi connectivity index (χ1) is 17.7. The van der Waals surface area contributed by atoms with Crippen molar-refractivity contribution in [2.45, 2.75) is 39.5 Å². The molecule has 1 aliphatic carbocycles. The Balaban J connectivity index is 1.37. The lowest BCUT2D eigenvalue weighted by molar-refractivity contribution is -0.120. The van der Waals surface area contributed by atoms with Crippen molar-refractivity contribution in [3.8, 4) is 11.1 Å². The van der Waals surface area contributed by atoms with Crippen LogP contribution in [-0.2, 0) is 22.4 Å². The number of amides is 2. The topological polar surface area (TPSA) is 99.2 Å². The molecule has 8 nitrogen and oxygen atoms in total. The summed E-state index contributed by atoms with van der Waals surface area (Å²) in [5.41, 5.74) is 4.14. The largest absolute Gasteiger partial charge is 0.465 e. The molecule has 2 aromatic rings. The predicted molar refractivity (Wildman–Crippen MR) is 144 cm³/mol. The normalized spacial score (nSPS) is 21.1. The number of ketones is 1. The number of thiophene rings is 1. The average Bonchev–Trinajstić information content (AvgIpc) is 3.48. The molecule has 1 unspecified atom stereocenters. The number of likely N-dealkylation sites (tertiary alicyclic amines) is 1. The summed E-state index contributed by atoms with van der Waals surface area (Å²) in [4.78, 5) is 41.6. The zero-order valence-corrected chi connectivity index (χ0v) is 22.4. The Hall–Kier alpha value is -2.91. The van der Waals surface area contributed by atoms with E-state index in [9.17, 15) is 14.4 Å². The third-order valence-corrected chi connectivity index (χ3v) is 8.89. The monoisotopic (exact) mass is 525 g/mol. The highest BCUT2D eigenvalue weighted by molar-refractivity contribution is 7.19. The summed E-state index contributed by atoms with van der Waals surface area (Å²) in [7, 11) is 0. The number of hydrogen-bond donors (Lipinski definition) is 2. The van der Waals surface area contributed by atoms with E-state index in [1.54, 1.807) is 11.3 Å². The molecule has 2 amide bonds. The molecule has 3 heterocycles. The van der Waals surface area contributed by atoms with E-state index in [2.05, 4.69) is 36.2 Å². The maximum absolute atomic E-state index is 13.1. The van der Waals surface area contributed by atoms with Gasteiger partial charge in [-0.15, -0.1) is 11.3 Å². The van der Waals surface area contributed by atoms with E-state index in [1.165, 1.54) is 4.90 Å². The lowest BCUT2D eigenvalue weighted by Gasteiger charge is -2.30. The van der Waals surface area contributed by atoms with Gasteiger partial charge in [0, 0.05) is 44.7 Å². The number of nitrogens with one attached hydrogen (secondary N) is 1. The molecule has 2 aliphatic heterocycles. The SMILES string of the molecule is CC1(C)CC(=O)c2sc(N3CCOCC3)c(-c3cccc(CC(=O)NCC4CCN(C(=O)O)C4)c3)c2C1. The third-order valence-electron chi connectivity index (χ3n) is 7.56. The van der Waals surface area contributed by atoms with E-state index in [4.69, 9.17) is 9.84 Å². The molecule has 1 aromatic carbocycles. The number of benzene rings is 1. The second-order valence-corrected chi connectivity index (χ2v) is 12.2. The van der Waals surface area contributed by atoms with Gasteiger partial charge in [-0.3, -0.25) is 9.59 Å². The molecule has 2 fully saturated rings. The Bertz CT molecular complexity index is 1200. The summed E-state index contributed by atoms with van der Waals surface area (Å²) in [5.74, 6) is 0.310. The van der Waals surface area contributed by atoms with Crippen LogP contribution >= 0.6 is 11.3 Å². The Morgan fingerprint density at radius 2 is 1.97 bits per heavy atom. The molecule has 2 N–H and O–H groups in total. The highest BCUT2D eigenvalue weighted by Crippen LogP contribution is 2.49. The lowest BCUT2D eigenvalue weighted by Crippen LogP contribution is -2.36. The summed E-state index contributed by atoms with van der Waals surface area (Å²) in [6, 6.07) is 8.12. The van der Waals surface area contributed by atoms with Crippen LogP contribution < -0.4 is 10.2 Å². The zero-order chi connectivity index (χ0) is 26.2. The van der Waals surface area contributed by atoms with Gasteiger partial charge in [0.05, 0.1) is 29.5 Å². The van der Waals surface area contributed by atoms with Crippen LogP contribution in [0.1, 0.15) is 47.5 Å². The molecule has 9 heteroatoms. The van der Waals surface area contributed by atoms with Crippen molar-refractivity contribution < 1.29 is 24.2 Å². The third kappa shape index (κ3) is 5.67. The number of ether oxygens (including phenoxy) is 1. The summed E-state index contributed by atoms with van der Waals surface area (Å²) in [6.45, 7) is 8.73. The van der Waals surface area contributed by atoms with Crippen molar-refractivity contribution in [1.82, 2.24) is 10.2 Å². The molecule has 198 valence electrons. The van der Waals surface area contributed by atoms with Crippen molar-refractivity contribution in [3.63, 3.8) is 0 Å². The van der Waals surface area contributed by atoms with Crippen LogP contribution in [0, 0.1) is 11.3 Å². The van der Waals surface area contributed by atoms with Gasteiger partial charge < -0.3 is 25.0 Å². The van der Waals surface area contributed by atoms with Gasteiger partial charge in [-0.2, -0.15) is 0 Å². The maximum atomic E-state index is 13.1. The standard InChI is InChI=1S/C28H35N3O5S/c1-28(2)14-21-24(26(30-8-10-36-11-9-30)37-25(21)22(32)15-28)20-5-3-4-18(12-20)13-23(33)29-16-19-6-7-31(17-19)27(34)35/h3-5,12,19H,6-11,13-17H2,1-2H3,(H,29,33)(H,34,35). The van der Waals surface area contributed by atoms with Gasteiger partial charge in [0.2, 0.25) is 5.91 Å². The van der Waals surface area contributed by atoms with Crippen molar-refractivity contribution >= 4 is 34.1 Å². The van der Waals surface area contributed by atoms with E-state index >= 15 is 0 Å². The van der Waals surface area contributed by atoms with Gasteiger partial charge in [0.15, 0.2) is 5.78 Å². The molecule has 1 aromatic heterocycles. The smallest absolute Gasteiger partial charge is 0.407 e. The fourth-order valence-electron chi connectivity index (χ4n) is 5.70. The molecule has 37 heavy (non-hydrogen) atoms. The minimum Gasteiger partial charge on any atom is -0.465 e. The Morgan fingerprint density at radius 3 is 2.70 bits per heavy atom. The number of carboxylic acid groups (broad SMARTS) is 1. The molecule has 0 bridgehead atoms. The highest BCUT2D eigenvalue weighted by Gasteiger charge is 2.37. The van der Waals surface area contributed by atoms with E-state index in [-0.39, 0.29) is 29.4 Å². The zero-order valence-electron chi connectivity index (χ0n) is 21.5. The van der Waals surface area contributed by atoms with Gasteiger partial charge in [-0.1, -0.05) is 38.1 Å². The molecule has 2 saturated heterocycles. The summed E-state index contributed by atoms with van der Waals surface area (Å²) < 4.78 is 5.58. The molecule has 0 saturated carbocycles. The van der Waals surface area contributed by atoms with Crippen LogP contribution in [0.5, 0.6) is 0 Å². The molecule has 0 radical (unpaired) electrons. The number of carbonyl (C=O) groups is 3. The minimum atomic E-state index is -0.900. The number of anilines is 1. The van der Waals surface area contributed by atoms with Crippen LogP contribution in [0.15, 0.2) is 24.3 Å². The first-order valence-electron chi connectivity index (χ1n) is 13.1. The van der Waals surface area contributed by atoms with Crippen molar-refractivity contribution in [2.75, 3.05) is 50.8 Å². The first kappa shape index (κ1) is 25.7. The van der Waals surface area contributed by atoms with E-state index in [1.807, 2.05) is 12.1 Å². The summed E-state index contributed by atoms with van der Waals surface area (Å²) in [5, 5.41) is 13.3. The fraction of sp³-hybridized carbons (Fsp3) is 0.536. The van der Waals surface area contributed by atoms with E-state index < -0.39 is 6.09 Å². The van der Waals surface area contributed by atoms with Gasteiger partial charge in [-0.25, -0.2) is 4.79 Å². The van der Waals surface area contributed by atoms with Gasteiger partial charge >= 0.3 is 6.09 Å². The fourth-order valence-corrected chi connectivity index (χ4v) is 7.04. The van der Waals surface area contributed by atoms with Crippen LogP contribution in [0.25, 0.3) is 11.1 Å². The van der Waals surface area contributed by atoms with Gasteiger partial charge in [-0.05, 0) is 40.9 Å². The molecular formula is C28H35N3O5S. The van der Waals surface area contributed by atoms with E-state index in [0.29, 0.717) is 39.3 Å². The van der Waals surface area contributed by atoms with Crippen LogP contribution in [-0.4, -0.2) is 73.7 Å². The Morgan fingerprint density at radius 1 is 1.19 bits per heavy atom. The second kappa shape index (κ2) is 10.5. The second-order valence-electron chi connectivity index (χ2n) is 11.2. The lowest BCUT2D eigenvalue weighted by atomic mass is 9.75. The van der Waals surface area contributed by atoms with Crippen molar-refractivity contribution in [2.24, 2.45) is 11.3 Å². The summed E-state index contributed by atoms with van der Waals surface area (Å²) in [6.07, 6.45) is 1.54. The first-order valence-corrected chi connectivity index (χ1v) is 13.9. The van der Waals surface area contributed by atoms with Crippen LogP contribution in [0.3, 0.4) is 0 Å². The maximum Gasteiger partial charge on any atom is 0.407 e. The number of hydrogen-bond acceptors (Lipinski definition) is 6. The number of fused-ring (bicyclic) bond motifs is 1. The van der Waals surface area contributed by atoms with Crippen molar-refractivity contribution in [3.05, 3.63) is 40.3 Å². The van der Waals surface area contributed by atoms with Crippen LogP contribution in [0.4, 0.5) is 9.80 Å². The Labute approximate surface area is 221 Å². The number of morpholine rings is 1. The number of nitrogens with zero attached hydrogens (tertiary/aromatic N) is 2. The molecule has 5 rings (SSSR count). The van der Waals surface area contributed by atoms with Gasteiger partial charge in [0.1, 0.15) is 0 Å².